The molecule has 0 aromatic heterocycles. The number of piperidine rings is 1. The first-order chi connectivity index (χ1) is 10.4. The highest BCUT2D eigenvalue weighted by molar-refractivity contribution is 5.59. The highest BCUT2D eigenvalue weighted by Gasteiger charge is 2.24. The van der Waals surface area contributed by atoms with Crippen molar-refractivity contribution in [1.29, 1.82) is 0 Å². The molecule has 1 aromatic carbocycles. The van der Waals surface area contributed by atoms with Crippen LogP contribution in [0.4, 0.5) is 5.69 Å². The topological polar surface area (TPSA) is 86.8 Å². The Balaban J connectivity index is 1.97. The van der Waals surface area contributed by atoms with Crippen molar-refractivity contribution in [2.45, 2.75) is 33.1 Å². The molecule has 1 saturated heterocycles. The summed E-state index contributed by atoms with van der Waals surface area (Å²) in [5, 5.41) is 30.1. The molecule has 1 aliphatic rings. The number of nitrogens with zero attached hydrogens (tertiary/aromatic N) is 2. The van der Waals surface area contributed by atoms with Gasteiger partial charge in [0.1, 0.15) is 0 Å². The summed E-state index contributed by atoms with van der Waals surface area (Å²) in [4.78, 5) is 12.8. The van der Waals surface area contributed by atoms with Gasteiger partial charge < -0.3 is 15.1 Å². The van der Waals surface area contributed by atoms with E-state index in [1.165, 1.54) is 18.6 Å². The van der Waals surface area contributed by atoms with Gasteiger partial charge >= 0.3 is 5.69 Å². The minimum Gasteiger partial charge on any atom is -0.504 e. The fraction of sp³-hybridized carbons (Fsp3) is 0.625. The standard InChI is InChI=1S/C16H24N2O4/c1-11-8-12(2)10-17(9-11)7-3-4-13-5-6-14(19)16(20)15(13)18(21)22/h5-6,11-12,19-20H,3-4,7-10H2,1-2H3. The molecule has 22 heavy (non-hydrogen) atoms. The van der Waals surface area contributed by atoms with Crippen molar-refractivity contribution < 1.29 is 15.1 Å². The summed E-state index contributed by atoms with van der Waals surface area (Å²) < 4.78 is 0. The van der Waals surface area contributed by atoms with Crippen molar-refractivity contribution in [1.82, 2.24) is 4.90 Å². The second-order valence-electron chi connectivity index (χ2n) is 6.51. The number of aryl methyl sites for hydroxylation is 1. The zero-order valence-corrected chi connectivity index (χ0v) is 13.2. The van der Waals surface area contributed by atoms with E-state index in [1.54, 1.807) is 0 Å². The number of phenolic OH excluding ortho intramolecular Hbond substituents is 2. The molecule has 6 nitrogen and oxygen atoms in total. The third-order valence-corrected chi connectivity index (χ3v) is 4.26. The second kappa shape index (κ2) is 6.96. The number of nitro groups is 1. The smallest absolute Gasteiger partial charge is 0.317 e. The molecule has 6 heteroatoms. The molecule has 122 valence electrons. The Morgan fingerprint density at radius 2 is 1.91 bits per heavy atom. The average molecular weight is 308 g/mol. The van der Waals surface area contributed by atoms with Gasteiger partial charge in [0.15, 0.2) is 5.75 Å². The van der Waals surface area contributed by atoms with Crippen molar-refractivity contribution in [3.8, 4) is 11.5 Å². The molecule has 0 aliphatic carbocycles. The molecular weight excluding hydrogens is 284 g/mol. The number of benzene rings is 1. The van der Waals surface area contributed by atoms with Crippen molar-refractivity contribution in [3.63, 3.8) is 0 Å². The Hall–Kier alpha value is -1.82. The van der Waals surface area contributed by atoms with E-state index in [-0.39, 0.29) is 5.69 Å². The molecule has 0 saturated carbocycles. The summed E-state index contributed by atoms with van der Waals surface area (Å²) in [5.74, 6) is 0.295. The van der Waals surface area contributed by atoms with Crippen molar-refractivity contribution >= 4 is 5.69 Å². The van der Waals surface area contributed by atoms with Crippen molar-refractivity contribution in [3.05, 3.63) is 27.8 Å². The first-order valence-electron chi connectivity index (χ1n) is 7.79. The van der Waals surface area contributed by atoms with Crippen LogP contribution in [0.3, 0.4) is 0 Å². The molecule has 2 atom stereocenters. The largest absolute Gasteiger partial charge is 0.504 e. The van der Waals surface area contributed by atoms with Crippen LogP contribution < -0.4 is 0 Å². The van der Waals surface area contributed by atoms with E-state index in [4.69, 9.17) is 0 Å². The lowest BCUT2D eigenvalue weighted by Crippen LogP contribution is -2.39. The van der Waals surface area contributed by atoms with E-state index in [2.05, 4.69) is 18.7 Å². The number of aromatic hydroxyl groups is 2. The van der Waals surface area contributed by atoms with Gasteiger partial charge in [0, 0.05) is 18.7 Å². The van der Waals surface area contributed by atoms with Gasteiger partial charge in [0.2, 0.25) is 5.75 Å². The van der Waals surface area contributed by atoms with Crippen LogP contribution in [0.2, 0.25) is 0 Å². The zero-order valence-electron chi connectivity index (χ0n) is 13.2. The summed E-state index contributed by atoms with van der Waals surface area (Å²) in [6.07, 6.45) is 2.57. The van der Waals surface area contributed by atoms with Crippen LogP contribution in [0, 0.1) is 22.0 Å². The van der Waals surface area contributed by atoms with Gasteiger partial charge in [-0.1, -0.05) is 13.8 Å². The van der Waals surface area contributed by atoms with E-state index in [1.807, 2.05) is 0 Å². The van der Waals surface area contributed by atoms with Crippen molar-refractivity contribution in [2.75, 3.05) is 19.6 Å². The van der Waals surface area contributed by atoms with Gasteiger partial charge in [0.25, 0.3) is 0 Å². The Morgan fingerprint density at radius 3 is 2.50 bits per heavy atom. The van der Waals surface area contributed by atoms with E-state index < -0.39 is 16.4 Å². The van der Waals surface area contributed by atoms with Crippen LogP contribution in [-0.2, 0) is 6.42 Å². The first kappa shape index (κ1) is 16.5. The molecule has 2 N–H and O–H groups in total. The van der Waals surface area contributed by atoms with Crippen LogP contribution in [0.5, 0.6) is 11.5 Å². The van der Waals surface area contributed by atoms with E-state index in [0.717, 1.165) is 26.1 Å². The summed E-state index contributed by atoms with van der Waals surface area (Å²) >= 11 is 0. The quantitative estimate of drug-likeness (QED) is 0.496. The van der Waals surface area contributed by atoms with Gasteiger partial charge in [-0.15, -0.1) is 0 Å². The third-order valence-electron chi connectivity index (χ3n) is 4.26. The monoisotopic (exact) mass is 308 g/mol. The van der Waals surface area contributed by atoms with Crippen LogP contribution in [-0.4, -0.2) is 39.7 Å². The number of hydrogen-bond acceptors (Lipinski definition) is 5. The zero-order chi connectivity index (χ0) is 16.3. The Bertz CT molecular complexity index is 537. The highest BCUT2D eigenvalue weighted by Crippen LogP contribution is 2.38. The predicted octanol–water partition coefficient (Wildman–Crippen LogP) is 2.92. The lowest BCUT2D eigenvalue weighted by atomic mass is 9.91. The highest BCUT2D eigenvalue weighted by atomic mass is 16.6. The summed E-state index contributed by atoms with van der Waals surface area (Å²) in [6.45, 7) is 7.56. The number of rotatable bonds is 5. The predicted molar refractivity (Wildman–Crippen MR) is 84.1 cm³/mol. The van der Waals surface area contributed by atoms with Crippen LogP contribution >= 0.6 is 0 Å². The maximum Gasteiger partial charge on any atom is 0.317 e. The normalized spacial score (nSPS) is 22.6. The lowest BCUT2D eigenvalue weighted by molar-refractivity contribution is -0.386. The molecule has 1 aliphatic heterocycles. The SMILES string of the molecule is CC1CC(C)CN(CCCc2ccc(O)c(O)c2[N+](=O)[O-])C1. The molecule has 1 heterocycles. The molecule has 2 rings (SSSR count). The molecule has 1 fully saturated rings. The van der Waals surface area contributed by atoms with E-state index in [9.17, 15) is 20.3 Å². The van der Waals surface area contributed by atoms with Crippen LogP contribution in [0.1, 0.15) is 32.3 Å². The van der Waals surface area contributed by atoms with Gasteiger partial charge in [0.05, 0.1) is 4.92 Å². The number of likely N-dealkylation sites (tertiary alicyclic amines) is 1. The molecule has 0 amide bonds. The van der Waals surface area contributed by atoms with E-state index in [0.29, 0.717) is 23.8 Å². The minimum atomic E-state index is -0.636. The summed E-state index contributed by atoms with van der Waals surface area (Å²) in [5.41, 5.74) is 0.0961. The maximum absolute atomic E-state index is 11.1. The molecule has 1 aromatic rings. The number of nitro benzene ring substituents is 1. The Morgan fingerprint density at radius 1 is 1.27 bits per heavy atom. The first-order valence-corrected chi connectivity index (χ1v) is 7.79. The average Bonchev–Trinajstić information content (AvgIpc) is 2.41. The molecule has 0 spiro atoms. The Labute approximate surface area is 130 Å². The summed E-state index contributed by atoms with van der Waals surface area (Å²) in [6, 6.07) is 2.83. The number of hydrogen-bond donors (Lipinski definition) is 2. The van der Waals surface area contributed by atoms with Gasteiger partial charge in [-0.3, -0.25) is 10.1 Å². The van der Waals surface area contributed by atoms with Gasteiger partial charge in [-0.05, 0) is 49.8 Å². The number of phenols is 2. The van der Waals surface area contributed by atoms with E-state index >= 15 is 0 Å². The summed E-state index contributed by atoms with van der Waals surface area (Å²) in [7, 11) is 0. The Kier molecular flexibility index (Phi) is 5.24. The minimum absolute atomic E-state index is 0.375. The lowest BCUT2D eigenvalue weighted by Gasteiger charge is -2.34. The second-order valence-corrected chi connectivity index (χ2v) is 6.51. The fourth-order valence-corrected chi connectivity index (χ4v) is 3.48. The molecule has 2 unspecified atom stereocenters. The maximum atomic E-state index is 11.1. The third kappa shape index (κ3) is 3.88. The molecule has 0 radical (unpaired) electrons. The fourth-order valence-electron chi connectivity index (χ4n) is 3.48. The van der Waals surface area contributed by atoms with Gasteiger partial charge in [-0.2, -0.15) is 0 Å². The van der Waals surface area contributed by atoms with Crippen molar-refractivity contribution in [2.24, 2.45) is 11.8 Å². The van der Waals surface area contributed by atoms with Gasteiger partial charge in [-0.25, -0.2) is 0 Å². The van der Waals surface area contributed by atoms with Crippen LogP contribution in [0.15, 0.2) is 12.1 Å². The molecular formula is C16H24N2O4. The van der Waals surface area contributed by atoms with Crippen LogP contribution in [0.25, 0.3) is 0 Å². The molecule has 0 bridgehead atoms.